The number of esters is 1. The van der Waals surface area contributed by atoms with Crippen molar-refractivity contribution in [1.29, 1.82) is 0 Å². The van der Waals surface area contributed by atoms with Crippen LogP contribution in [0.25, 0.3) is 0 Å². The zero-order valence-electron chi connectivity index (χ0n) is 11.7. The van der Waals surface area contributed by atoms with Crippen molar-refractivity contribution >= 4 is 23.5 Å². The van der Waals surface area contributed by atoms with Crippen LogP contribution in [0.4, 0.5) is 0 Å². The largest absolute Gasteiger partial charge is 0.469 e. The second-order valence-corrected chi connectivity index (χ2v) is 5.43. The van der Waals surface area contributed by atoms with Crippen molar-refractivity contribution in [2.24, 2.45) is 5.92 Å². The van der Waals surface area contributed by atoms with E-state index in [1.165, 1.54) is 7.11 Å². The minimum Gasteiger partial charge on any atom is -0.469 e. The quantitative estimate of drug-likeness (QED) is 0.788. The highest BCUT2D eigenvalue weighted by molar-refractivity contribution is 6.34. The summed E-state index contributed by atoms with van der Waals surface area (Å²) >= 11 is 6.19. The summed E-state index contributed by atoms with van der Waals surface area (Å²) < 4.78 is 4.76. The predicted molar refractivity (Wildman–Crippen MR) is 76.8 cm³/mol. The summed E-state index contributed by atoms with van der Waals surface area (Å²) in [5.41, 5.74) is 1.37. The molecule has 1 aliphatic rings. The summed E-state index contributed by atoms with van der Waals surface area (Å²) in [5, 5.41) is 0.484. The van der Waals surface area contributed by atoms with E-state index in [9.17, 15) is 9.59 Å². The molecule has 1 fully saturated rings. The molecule has 0 saturated carbocycles. The molecule has 5 heteroatoms. The second kappa shape index (κ2) is 6.27. The van der Waals surface area contributed by atoms with Crippen molar-refractivity contribution < 1.29 is 14.3 Å². The Morgan fingerprint density at radius 1 is 1.40 bits per heavy atom. The van der Waals surface area contributed by atoms with Crippen molar-refractivity contribution in [3.8, 4) is 0 Å². The van der Waals surface area contributed by atoms with Gasteiger partial charge in [-0.05, 0) is 31.4 Å². The maximum Gasteiger partial charge on any atom is 0.310 e. The fourth-order valence-corrected chi connectivity index (χ4v) is 2.71. The molecular weight excluding hydrogens is 278 g/mol. The van der Waals surface area contributed by atoms with E-state index >= 15 is 0 Å². The fourth-order valence-electron chi connectivity index (χ4n) is 2.50. The topological polar surface area (TPSA) is 46.6 Å². The van der Waals surface area contributed by atoms with Crippen molar-refractivity contribution in [2.75, 3.05) is 20.2 Å². The zero-order chi connectivity index (χ0) is 14.7. The summed E-state index contributed by atoms with van der Waals surface area (Å²) in [6.45, 7) is 2.92. The van der Waals surface area contributed by atoms with Gasteiger partial charge >= 0.3 is 5.97 Å². The van der Waals surface area contributed by atoms with Gasteiger partial charge in [0.15, 0.2) is 0 Å². The maximum absolute atomic E-state index is 12.5. The van der Waals surface area contributed by atoms with E-state index < -0.39 is 0 Å². The minimum atomic E-state index is -0.252. The normalized spacial score (nSPS) is 18.8. The van der Waals surface area contributed by atoms with Crippen LogP contribution in [0.1, 0.15) is 28.8 Å². The Labute approximate surface area is 123 Å². The summed E-state index contributed by atoms with van der Waals surface area (Å²) in [7, 11) is 1.38. The Bertz CT molecular complexity index is 530. The molecule has 2 rings (SSSR count). The molecule has 1 aromatic rings. The third-order valence-corrected chi connectivity index (χ3v) is 4.17. The Kier molecular flexibility index (Phi) is 4.65. The van der Waals surface area contributed by atoms with Crippen molar-refractivity contribution in [3.05, 3.63) is 34.3 Å². The molecule has 20 heavy (non-hydrogen) atoms. The van der Waals surface area contributed by atoms with Crippen LogP contribution in [0, 0.1) is 12.8 Å². The van der Waals surface area contributed by atoms with Gasteiger partial charge in [0.05, 0.1) is 23.6 Å². The average molecular weight is 296 g/mol. The number of methoxy groups -OCH3 is 1. The van der Waals surface area contributed by atoms with Gasteiger partial charge < -0.3 is 9.64 Å². The molecule has 0 aromatic heterocycles. The molecule has 1 unspecified atom stereocenters. The molecule has 108 valence electrons. The molecule has 4 nitrogen and oxygen atoms in total. The standard InChI is InChI=1S/C15H18ClNO3/c1-10-5-3-7-12(13(10)16)14(18)17-8-4-6-11(9-17)15(19)20-2/h3,5,7,11H,4,6,8-9H2,1-2H3. The molecule has 1 saturated heterocycles. The van der Waals surface area contributed by atoms with Gasteiger partial charge in [0.2, 0.25) is 0 Å². The SMILES string of the molecule is COC(=O)C1CCCN(C(=O)c2cccc(C)c2Cl)C1. The van der Waals surface area contributed by atoms with Crippen molar-refractivity contribution in [3.63, 3.8) is 0 Å². The Morgan fingerprint density at radius 2 is 2.15 bits per heavy atom. The second-order valence-electron chi connectivity index (χ2n) is 5.05. The third kappa shape index (κ3) is 2.96. The van der Waals surface area contributed by atoms with Crippen LogP contribution in [0.3, 0.4) is 0 Å². The highest BCUT2D eigenvalue weighted by atomic mass is 35.5. The number of hydrogen-bond donors (Lipinski definition) is 0. The first kappa shape index (κ1) is 14.9. The highest BCUT2D eigenvalue weighted by Gasteiger charge is 2.30. The first-order valence-corrected chi connectivity index (χ1v) is 7.04. The van der Waals surface area contributed by atoms with Gasteiger partial charge in [0.25, 0.3) is 5.91 Å². The van der Waals surface area contributed by atoms with Gasteiger partial charge in [-0.15, -0.1) is 0 Å². The Hall–Kier alpha value is -1.55. The molecule has 0 bridgehead atoms. The molecule has 1 amide bonds. The number of nitrogens with zero attached hydrogens (tertiary/aromatic N) is 1. The molecule has 1 aliphatic heterocycles. The summed E-state index contributed by atoms with van der Waals surface area (Å²) in [5.74, 6) is -0.605. The van der Waals surface area contributed by atoms with E-state index in [0.29, 0.717) is 23.7 Å². The van der Waals surface area contributed by atoms with E-state index in [4.69, 9.17) is 16.3 Å². The molecule has 0 N–H and O–H groups in total. The van der Waals surface area contributed by atoms with Gasteiger partial charge in [0, 0.05) is 13.1 Å². The number of likely N-dealkylation sites (tertiary alicyclic amines) is 1. The van der Waals surface area contributed by atoms with Gasteiger partial charge in [-0.1, -0.05) is 23.7 Å². The summed E-state index contributed by atoms with van der Waals surface area (Å²) in [4.78, 5) is 25.8. The lowest BCUT2D eigenvalue weighted by atomic mass is 9.97. The van der Waals surface area contributed by atoms with Crippen molar-refractivity contribution in [2.45, 2.75) is 19.8 Å². The number of benzene rings is 1. The molecule has 1 heterocycles. The molecule has 1 atom stereocenters. The molecule has 1 aromatic carbocycles. The van der Waals surface area contributed by atoms with Crippen LogP contribution < -0.4 is 0 Å². The van der Waals surface area contributed by atoms with Gasteiger partial charge in [-0.2, -0.15) is 0 Å². The lowest BCUT2D eigenvalue weighted by Gasteiger charge is -2.31. The number of piperidine rings is 1. The van der Waals surface area contributed by atoms with E-state index in [1.54, 1.807) is 11.0 Å². The number of carbonyl (C=O) groups is 2. The molecule has 0 spiro atoms. The number of rotatable bonds is 2. The molecule has 0 aliphatic carbocycles. The smallest absolute Gasteiger partial charge is 0.310 e. The molecular formula is C15H18ClNO3. The lowest BCUT2D eigenvalue weighted by Crippen LogP contribution is -2.42. The first-order chi connectivity index (χ1) is 9.54. The number of amides is 1. The highest BCUT2D eigenvalue weighted by Crippen LogP contribution is 2.25. The summed E-state index contributed by atoms with van der Waals surface area (Å²) in [6.07, 6.45) is 1.56. The predicted octanol–water partition coefficient (Wildman–Crippen LogP) is 2.67. The van der Waals surface area contributed by atoms with Crippen LogP contribution in [0.5, 0.6) is 0 Å². The van der Waals surface area contributed by atoms with E-state index in [2.05, 4.69) is 0 Å². The van der Waals surface area contributed by atoms with Crippen LogP contribution >= 0.6 is 11.6 Å². The van der Waals surface area contributed by atoms with Crippen molar-refractivity contribution in [1.82, 2.24) is 4.90 Å². The van der Waals surface area contributed by atoms with E-state index in [0.717, 1.165) is 18.4 Å². The fraction of sp³-hybridized carbons (Fsp3) is 0.467. The van der Waals surface area contributed by atoms with Gasteiger partial charge in [0.1, 0.15) is 0 Å². The van der Waals surface area contributed by atoms with Gasteiger partial charge in [-0.25, -0.2) is 0 Å². The molecule has 0 radical (unpaired) electrons. The number of aryl methyl sites for hydroxylation is 1. The number of carbonyl (C=O) groups excluding carboxylic acids is 2. The van der Waals surface area contributed by atoms with Crippen LogP contribution in [0.15, 0.2) is 18.2 Å². The number of halogens is 1. The maximum atomic E-state index is 12.5. The van der Waals surface area contributed by atoms with Crippen LogP contribution in [0.2, 0.25) is 5.02 Å². The monoisotopic (exact) mass is 295 g/mol. The van der Waals surface area contributed by atoms with E-state index in [1.807, 2.05) is 19.1 Å². The first-order valence-electron chi connectivity index (χ1n) is 6.66. The van der Waals surface area contributed by atoms with E-state index in [-0.39, 0.29) is 17.8 Å². The number of hydrogen-bond acceptors (Lipinski definition) is 3. The summed E-state index contributed by atoms with van der Waals surface area (Å²) in [6, 6.07) is 5.40. The Morgan fingerprint density at radius 3 is 2.85 bits per heavy atom. The lowest BCUT2D eigenvalue weighted by molar-refractivity contribution is -0.146. The van der Waals surface area contributed by atoms with Crippen LogP contribution in [-0.2, 0) is 9.53 Å². The Balaban J connectivity index is 2.16. The van der Waals surface area contributed by atoms with Gasteiger partial charge in [-0.3, -0.25) is 9.59 Å². The average Bonchev–Trinajstić information content (AvgIpc) is 2.48. The van der Waals surface area contributed by atoms with Crippen LogP contribution in [-0.4, -0.2) is 37.0 Å². The zero-order valence-corrected chi connectivity index (χ0v) is 12.4. The third-order valence-electron chi connectivity index (χ3n) is 3.67. The minimum absolute atomic E-state index is 0.118. The number of ether oxygens (including phenoxy) is 1.